The van der Waals surface area contributed by atoms with Crippen molar-refractivity contribution < 1.29 is 13.9 Å². The molecule has 2 N–H and O–H groups in total. The summed E-state index contributed by atoms with van der Waals surface area (Å²) in [5.74, 6) is 0.144. The smallest absolute Gasteiger partial charge is 0.255 e. The number of halogens is 1. The largest absolute Gasteiger partial charge is 0.497 e. The SMILES string of the molecule is COc1ccc(Nc2ccc(NC(=O)c3ccc(F)cc3)cc2)cc1. The fourth-order valence-electron chi connectivity index (χ4n) is 2.28. The predicted octanol–water partition coefficient (Wildman–Crippen LogP) is 4.83. The van der Waals surface area contributed by atoms with Crippen LogP contribution in [0.5, 0.6) is 5.75 Å². The first-order valence-corrected chi connectivity index (χ1v) is 7.72. The van der Waals surface area contributed by atoms with E-state index in [1.165, 1.54) is 24.3 Å². The van der Waals surface area contributed by atoms with Crippen LogP contribution in [0.3, 0.4) is 0 Å². The number of anilines is 3. The van der Waals surface area contributed by atoms with Gasteiger partial charge in [0, 0.05) is 22.6 Å². The van der Waals surface area contributed by atoms with Gasteiger partial charge >= 0.3 is 0 Å². The Hall–Kier alpha value is -3.34. The molecule has 25 heavy (non-hydrogen) atoms. The van der Waals surface area contributed by atoms with Crippen LogP contribution in [0.2, 0.25) is 0 Å². The molecule has 126 valence electrons. The zero-order valence-corrected chi connectivity index (χ0v) is 13.6. The van der Waals surface area contributed by atoms with Crippen LogP contribution < -0.4 is 15.4 Å². The van der Waals surface area contributed by atoms with Crippen molar-refractivity contribution in [3.8, 4) is 5.75 Å². The first-order valence-electron chi connectivity index (χ1n) is 7.72. The molecule has 0 aliphatic heterocycles. The molecule has 0 spiro atoms. The summed E-state index contributed by atoms with van der Waals surface area (Å²) in [5, 5.41) is 6.04. The normalized spacial score (nSPS) is 10.2. The van der Waals surface area contributed by atoms with Crippen molar-refractivity contribution in [3.63, 3.8) is 0 Å². The molecule has 0 aliphatic rings. The lowest BCUT2D eigenvalue weighted by Crippen LogP contribution is -2.11. The van der Waals surface area contributed by atoms with Crippen LogP contribution >= 0.6 is 0 Å². The second kappa shape index (κ2) is 7.49. The zero-order valence-electron chi connectivity index (χ0n) is 13.6. The highest BCUT2D eigenvalue weighted by atomic mass is 19.1. The molecule has 0 atom stereocenters. The van der Waals surface area contributed by atoms with Crippen LogP contribution in [-0.4, -0.2) is 13.0 Å². The van der Waals surface area contributed by atoms with E-state index in [2.05, 4.69) is 10.6 Å². The van der Waals surface area contributed by atoms with E-state index in [4.69, 9.17) is 4.74 Å². The van der Waals surface area contributed by atoms with Gasteiger partial charge in [0.05, 0.1) is 7.11 Å². The van der Waals surface area contributed by atoms with E-state index < -0.39 is 0 Å². The van der Waals surface area contributed by atoms with Crippen LogP contribution in [0.4, 0.5) is 21.5 Å². The molecule has 3 rings (SSSR count). The van der Waals surface area contributed by atoms with Gasteiger partial charge < -0.3 is 15.4 Å². The first kappa shape index (κ1) is 16.5. The van der Waals surface area contributed by atoms with Crippen molar-refractivity contribution >= 4 is 23.0 Å². The van der Waals surface area contributed by atoms with Gasteiger partial charge in [-0.25, -0.2) is 4.39 Å². The van der Waals surface area contributed by atoms with Crippen molar-refractivity contribution in [2.24, 2.45) is 0 Å². The minimum atomic E-state index is -0.370. The second-order valence-electron chi connectivity index (χ2n) is 5.39. The highest BCUT2D eigenvalue weighted by molar-refractivity contribution is 6.04. The molecule has 0 aliphatic carbocycles. The lowest BCUT2D eigenvalue weighted by atomic mass is 10.2. The summed E-state index contributed by atoms with van der Waals surface area (Å²) < 4.78 is 18.0. The highest BCUT2D eigenvalue weighted by Crippen LogP contribution is 2.21. The number of rotatable bonds is 5. The summed E-state index contributed by atoms with van der Waals surface area (Å²) in [6, 6.07) is 20.3. The van der Waals surface area contributed by atoms with Gasteiger partial charge in [-0.1, -0.05) is 0 Å². The number of carbonyl (C=O) groups excluding carboxylic acids is 1. The Morgan fingerprint density at radius 3 is 1.88 bits per heavy atom. The lowest BCUT2D eigenvalue weighted by molar-refractivity contribution is 0.102. The van der Waals surface area contributed by atoms with Gasteiger partial charge in [0.15, 0.2) is 0 Å². The highest BCUT2D eigenvalue weighted by Gasteiger charge is 2.06. The summed E-state index contributed by atoms with van der Waals surface area (Å²) in [6.45, 7) is 0. The molecule has 0 bridgehead atoms. The molecule has 1 amide bonds. The number of amides is 1. The third kappa shape index (κ3) is 4.35. The summed E-state index contributed by atoms with van der Waals surface area (Å²) in [4.78, 5) is 12.1. The average Bonchev–Trinajstić information content (AvgIpc) is 2.64. The van der Waals surface area contributed by atoms with Gasteiger partial charge in [-0.15, -0.1) is 0 Å². The van der Waals surface area contributed by atoms with E-state index in [-0.39, 0.29) is 11.7 Å². The summed E-state index contributed by atoms with van der Waals surface area (Å²) in [7, 11) is 1.63. The third-order valence-corrected chi connectivity index (χ3v) is 3.63. The van der Waals surface area contributed by atoms with Crippen molar-refractivity contribution in [1.82, 2.24) is 0 Å². The molecule has 5 heteroatoms. The number of nitrogens with one attached hydrogen (secondary N) is 2. The van der Waals surface area contributed by atoms with Crippen LogP contribution in [0.1, 0.15) is 10.4 Å². The Labute approximate surface area is 145 Å². The maximum Gasteiger partial charge on any atom is 0.255 e. The quantitative estimate of drug-likeness (QED) is 0.701. The zero-order chi connectivity index (χ0) is 17.6. The molecule has 0 aromatic heterocycles. The van der Waals surface area contributed by atoms with Crippen LogP contribution in [0, 0.1) is 5.82 Å². The number of methoxy groups -OCH3 is 1. The monoisotopic (exact) mass is 336 g/mol. The van der Waals surface area contributed by atoms with Crippen molar-refractivity contribution in [2.75, 3.05) is 17.7 Å². The summed E-state index contributed by atoms with van der Waals surface area (Å²) in [6.07, 6.45) is 0. The molecule has 0 heterocycles. The van der Waals surface area contributed by atoms with Crippen molar-refractivity contribution in [2.45, 2.75) is 0 Å². The van der Waals surface area contributed by atoms with E-state index in [9.17, 15) is 9.18 Å². The number of ether oxygens (including phenoxy) is 1. The third-order valence-electron chi connectivity index (χ3n) is 3.63. The molecule has 0 saturated heterocycles. The Morgan fingerprint density at radius 1 is 0.800 bits per heavy atom. The molecule has 0 fully saturated rings. The fraction of sp³-hybridized carbons (Fsp3) is 0.0500. The molecule has 3 aromatic carbocycles. The van der Waals surface area contributed by atoms with E-state index >= 15 is 0 Å². The number of hydrogen-bond donors (Lipinski definition) is 2. The fourth-order valence-corrected chi connectivity index (χ4v) is 2.28. The molecular formula is C20H17FN2O2. The van der Waals surface area contributed by atoms with Gasteiger partial charge in [0.2, 0.25) is 0 Å². The maximum atomic E-state index is 12.9. The topological polar surface area (TPSA) is 50.4 Å². The lowest BCUT2D eigenvalue weighted by Gasteiger charge is -2.09. The standard InChI is InChI=1S/C20H17FN2O2/c1-25-19-12-10-17(11-13-19)22-16-6-8-18(9-7-16)23-20(24)14-2-4-15(21)5-3-14/h2-13,22H,1H3,(H,23,24). The molecule has 4 nitrogen and oxygen atoms in total. The Kier molecular flexibility index (Phi) is 4.95. The van der Waals surface area contributed by atoms with E-state index in [1.54, 1.807) is 19.2 Å². The summed E-state index contributed by atoms with van der Waals surface area (Å²) >= 11 is 0. The minimum Gasteiger partial charge on any atom is -0.497 e. The first-order chi connectivity index (χ1) is 12.1. The number of benzene rings is 3. The number of hydrogen-bond acceptors (Lipinski definition) is 3. The van der Waals surface area contributed by atoms with Crippen LogP contribution in [-0.2, 0) is 0 Å². The van der Waals surface area contributed by atoms with E-state index in [0.29, 0.717) is 11.3 Å². The molecule has 3 aromatic rings. The van der Waals surface area contributed by atoms with Crippen LogP contribution in [0.25, 0.3) is 0 Å². The van der Waals surface area contributed by atoms with E-state index in [0.717, 1.165) is 17.1 Å². The van der Waals surface area contributed by atoms with Crippen molar-refractivity contribution in [3.05, 3.63) is 84.2 Å². The molecule has 0 saturated carbocycles. The molecule has 0 radical (unpaired) electrons. The predicted molar refractivity (Wildman–Crippen MR) is 97.1 cm³/mol. The van der Waals surface area contributed by atoms with Gasteiger partial charge in [0.1, 0.15) is 11.6 Å². The molecule has 0 unspecified atom stereocenters. The van der Waals surface area contributed by atoms with Crippen LogP contribution in [0.15, 0.2) is 72.8 Å². The van der Waals surface area contributed by atoms with Crippen molar-refractivity contribution in [1.29, 1.82) is 0 Å². The van der Waals surface area contributed by atoms with E-state index in [1.807, 2.05) is 36.4 Å². The maximum absolute atomic E-state index is 12.9. The Bertz CT molecular complexity index is 844. The van der Waals surface area contributed by atoms with Gasteiger partial charge in [-0.05, 0) is 72.8 Å². The second-order valence-corrected chi connectivity index (χ2v) is 5.39. The minimum absolute atomic E-state index is 0.282. The van der Waals surface area contributed by atoms with Gasteiger partial charge in [0.25, 0.3) is 5.91 Å². The Morgan fingerprint density at radius 2 is 1.32 bits per heavy atom. The molecular weight excluding hydrogens is 319 g/mol. The summed E-state index contributed by atoms with van der Waals surface area (Å²) in [5.41, 5.74) is 2.89. The number of carbonyl (C=O) groups is 1. The average molecular weight is 336 g/mol. The van der Waals surface area contributed by atoms with Gasteiger partial charge in [-0.3, -0.25) is 4.79 Å². The Balaban J connectivity index is 1.63. The van der Waals surface area contributed by atoms with Gasteiger partial charge in [-0.2, -0.15) is 0 Å².